The summed E-state index contributed by atoms with van der Waals surface area (Å²) < 4.78 is 28.5. The normalized spacial score (nSPS) is 11.8. The van der Waals surface area contributed by atoms with Gasteiger partial charge in [0.1, 0.15) is 5.82 Å². The average Bonchev–Trinajstić information content (AvgIpc) is 2.86. The van der Waals surface area contributed by atoms with Gasteiger partial charge >= 0.3 is 0 Å². The molecule has 0 atom stereocenters. The van der Waals surface area contributed by atoms with Crippen molar-refractivity contribution in [3.63, 3.8) is 0 Å². The predicted molar refractivity (Wildman–Crippen MR) is 80.2 cm³/mol. The first-order chi connectivity index (χ1) is 9.48. The number of aromatic nitrogens is 2. The first kappa shape index (κ1) is 14.6. The van der Waals surface area contributed by atoms with Crippen LogP contribution in [-0.2, 0) is 16.6 Å². The maximum Gasteiger partial charge on any atom is 0.234 e. The van der Waals surface area contributed by atoms with Gasteiger partial charge in [-0.2, -0.15) is 0 Å². The van der Waals surface area contributed by atoms with Crippen LogP contribution in [-0.4, -0.2) is 23.7 Å². The van der Waals surface area contributed by atoms with Crippen molar-refractivity contribution < 1.29 is 8.42 Å². The van der Waals surface area contributed by atoms with E-state index in [9.17, 15) is 8.42 Å². The molecular weight excluding hydrogens is 274 g/mol. The third-order valence-corrected chi connectivity index (χ3v) is 4.18. The Balaban J connectivity index is 2.01. The Morgan fingerprint density at radius 1 is 1.25 bits per heavy atom. The van der Waals surface area contributed by atoms with Crippen molar-refractivity contribution in [2.75, 3.05) is 10.5 Å². The zero-order valence-corrected chi connectivity index (χ0v) is 12.5. The van der Waals surface area contributed by atoms with E-state index in [2.05, 4.69) is 9.71 Å². The first-order valence-electron chi connectivity index (χ1n) is 6.54. The van der Waals surface area contributed by atoms with Crippen molar-refractivity contribution in [1.29, 1.82) is 0 Å². The monoisotopic (exact) mass is 293 g/mol. The molecule has 0 aliphatic carbocycles. The average molecular weight is 293 g/mol. The molecular formula is C14H19N3O2S. The minimum Gasteiger partial charge on any atom is -0.334 e. The van der Waals surface area contributed by atoms with Crippen LogP contribution in [0.5, 0.6) is 0 Å². The molecule has 0 fully saturated rings. The molecule has 2 aromatic rings. The summed E-state index contributed by atoms with van der Waals surface area (Å²) >= 11 is 0. The summed E-state index contributed by atoms with van der Waals surface area (Å²) in [5.41, 5.74) is 0.585. The second kappa shape index (κ2) is 6.09. The molecule has 0 saturated heterocycles. The number of rotatable bonds is 6. The lowest BCUT2D eigenvalue weighted by molar-refractivity contribution is 0.587. The topological polar surface area (TPSA) is 64.0 Å². The fourth-order valence-corrected chi connectivity index (χ4v) is 3.00. The standard InChI is InChI=1S/C14H19N3O2S/c1-12(2)14-15-8-9-17(14)10-11-20(18,19)16-13-6-4-3-5-7-13/h3-9,12,16H,10-11H2,1-2H3. The molecule has 6 heteroatoms. The Morgan fingerprint density at radius 2 is 1.95 bits per heavy atom. The molecule has 1 N–H and O–H groups in total. The Kier molecular flexibility index (Phi) is 4.44. The Hall–Kier alpha value is -1.82. The number of hydrogen-bond donors (Lipinski definition) is 1. The molecule has 5 nitrogen and oxygen atoms in total. The van der Waals surface area contributed by atoms with Crippen LogP contribution in [0.15, 0.2) is 42.7 Å². The van der Waals surface area contributed by atoms with Crippen LogP contribution in [0.25, 0.3) is 0 Å². The van der Waals surface area contributed by atoms with Crippen molar-refractivity contribution in [3.05, 3.63) is 48.5 Å². The Labute approximate surface area is 119 Å². The number of anilines is 1. The summed E-state index contributed by atoms with van der Waals surface area (Å²) in [7, 11) is -3.35. The van der Waals surface area contributed by atoms with Crippen molar-refractivity contribution in [3.8, 4) is 0 Å². The molecule has 0 amide bonds. The molecule has 20 heavy (non-hydrogen) atoms. The maximum atomic E-state index is 12.0. The van der Waals surface area contributed by atoms with Gasteiger partial charge in [0, 0.05) is 30.5 Å². The molecule has 0 aliphatic heterocycles. The van der Waals surface area contributed by atoms with Crippen molar-refractivity contribution >= 4 is 15.7 Å². The van der Waals surface area contributed by atoms with E-state index in [0.29, 0.717) is 12.2 Å². The number of imidazole rings is 1. The number of nitrogens with one attached hydrogen (secondary N) is 1. The van der Waals surface area contributed by atoms with Gasteiger partial charge in [-0.3, -0.25) is 4.72 Å². The number of hydrogen-bond acceptors (Lipinski definition) is 3. The zero-order valence-electron chi connectivity index (χ0n) is 11.7. The van der Waals surface area contributed by atoms with E-state index < -0.39 is 10.0 Å². The lowest BCUT2D eigenvalue weighted by atomic mass is 10.2. The minimum absolute atomic E-state index is 0.0258. The number of nitrogens with zero attached hydrogens (tertiary/aromatic N) is 2. The molecule has 0 spiro atoms. The van der Waals surface area contributed by atoms with Gasteiger partial charge in [-0.1, -0.05) is 32.0 Å². The van der Waals surface area contributed by atoms with Gasteiger partial charge in [0.15, 0.2) is 0 Å². The lowest BCUT2D eigenvalue weighted by Crippen LogP contribution is -2.21. The maximum absolute atomic E-state index is 12.0. The lowest BCUT2D eigenvalue weighted by Gasteiger charge is -2.11. The molecule has 2 rings (SSSR count). The third kappa shape index (κ3) is 3.84. The Bertz CT molecular complexity index is 648. The van der Waals surface area contributed by atoms with E-state index in [1.54, 1.807) is 30.5 Å². The summed E-state index contributed by atoms with van der Waals surface area (Å²) in [4.78, 5) is 4.25. The largest absolute Gasteiger partial charge is 0.334 e. The van der Waals surface area contributed by atoms with Gasteiger partial charge in [-0.25, -0.2) is 13.4 Å². The molecule has 0 unspecified atom stereocenters. The van der Waals surface area contributed by atoms with Gasteiger partial charge in [0.2, 0.25) is 10.0 Å². The first-order valence-corrected chi connectivity index (χ1v) is 8.20. The van der Waals surface area contributed by atoms with Crippen molar-refractivity contribution in [2.24, 2.45) is 0 Å². The third-order valence-electron chi connectivity index (χ3n) is 2.91. The van der Waals surface area contributed by atoms with Crippen LogP contribution < -0.4 is 4.72 Å². The Morgan fingerprint density at radius 3 is 2.60 bits per heavy atom. The molecule has 1 aromatic carbocycles. The summed E-state index contributed by atoms with van der Waals surface area (Å²) in [6, 6.07) is 8.90. The highest BCUT2D eigenvalue weighted by atomic mass is 32.2. The van der Waals surface area contributed by atoms with E-state index in [1.165, 1.54) is 0 Å². The molecule has 0 saturated carbocycles. The zero-order chi connectivity index (χ0) is 14.6. The number of sulfonamides is 1. The van der Waals surface area contributed by atoms with Crippen LogP contribution >= 0.6 is 0 Å². The van der Waals surface area contributed by atoms with E-state index in [0.717, 1.165) is 5.82 Å². The minimum atomic E-state index is -3.35. The van der Waals surface area contributed by atoms with Crippen LogP contribution in [0.3, 0.4) is 0 Å². The van der Waals surface area contributed by atoms with Gasteiger partial charge in [0.25, 0.3) is 0 Å². The summed E-state index contributed by atoms with van der Waals surface area (Å²) in [6.07, 6.45) is 3.51. The van der Waals surface area contributed by atoms with Gasteiger partial charge in [-0.15, -0.1) is 0 Å². The van der Waals surface area contributed by atoms with Gasteiger partial charge in [-0.05, 0) is 12.1 Å². The number of para-hydroxylation sites is 1. The molecule has 0 bridgehead atoms. The highest BCUT2D eigenvalue weighted by Crippen LogP contribution is 2.13. The fraction of sp³-hybridized carbons (Fsp3) is 0.357. The van der Waals surface area contributed by atoms with Crippen molar-refractivity contribution in [1.82, 2.24) is 9.55 Å². The highest BCUT2D eigenvalue weighted by Gasteiger charge is 2.13. The molecule has 1 heterocycles. The van der Waals surface area contributed by atoms with E-state index in [1.807, 2.05) is 30.7 Å². The van der Waals surface area contributed by atoms with Crippen LogP contribution in [0, 0.1) is 0 Å². The van der Waals surface area contributed by atoms with E-state index in [-0.39, 0.29) is 11.7 Å². The second-order valence-electron chi connectivity index (χ2n) is 4.92. The molecule has 108 valence electrons. The quantitative estimate of drug-likeness (QED) is 0.889. The van der Waals surface area contributed by atoms with Crippen LogP contribution in [0.4, 0.5) is 5.69 Å². The van der Waals surface area contributed by atoms with Gasteiger partial charge in [0.05, 0.1) is 5.75 Å². The van der Waals surface area contributed by atoms with Gasteiger partial charge < -0.3 is 4.57 Å². The molecule has 1 aromatic heterocycles. The smallest absolute Gasteiger partial charge is 0.234 e. The number of aryl methyl sites for hydroxylation is 1. The SMILES string of the molecule is CC(C)c1nccn1CCS(=O)(=O)Nc1ccccc1. The summed E-state index contributed by atoms with van der Waals surface area (Å²) in [5, 5.41) is 0. The predicted octanol–water partition coefficient (Wildman–Crippen LogP) is 2.45. The van der Waals surface area contributed by atoms with Crippen LogP contribution in [0.2, 0.25) is 0 Å². The fourth-order valence-electron chi connectivity index (χ4n) is 1.97. The second-order valence-corrected chi connectivity index (χ2v) is 6.76. The van der Waals surface area contributed by atoms with Crippen LogP contribution in [0.1, 0.15) is 25.6 Å². The summed E-state index contributed by atoms with van der Waals surface area (Å²) in [5.74, 6) is 1.20. The molecule has 0 aliphatic rings. The summed E-state index contributed by atoms with van der Waals surface area (Å²) in [6.45, 7) is 4.47. The van der Waals surface area contributed by atoms with E-state index in [4.69, 9.17) is 0 Å². The van der Waals surface area contributed by atoms with E-state index >= 15 is 0 Å². The van der Waals surface area contributed by atoms with Crippen molar-refractivity contribution in [2.45, 2.75) is 26.3 Å². The molecule has 0 radical (unpaired) electrons. The highest BCUT2D eigenvalue weighted by molar-refractivity contribution is 7.92. The number of benzene rings is 1.